The van der Waals surface area contributed by atoms with Crippen LogP contribution in [-0.4, -0.2) is 34.9 Å². The molecule has 2 N–H and O–H groups in total. The van der Waals surface area contributed by atoms with Gasteiger partial charge in [-0.25, -0.2) is 0 Å². The van der Waals surface area contributed by atoms with Crippen LogP contribution in [0.25, 0.3) is 43.6 Å². The van der Waals surface area contributed by atoms with Gasteiger partial charge in [-0.15, -0.1) is 0 Å². The van der Waals surface area contributed by atoms with Crippen molar-refractivity contribution in [2.75, 3.05) is 24.9 Å². The van der Waals surface area contributed by atoms with Crippen LogP contribution in [0.4, 0.5) is 11.4 Å². The predicted molar refractivity (Wildman–Crippen MR) is 232 cm³/mol. The molecule has 0 fully saturated rings. The van der Waals surface area contributed by atoms with E-state index in [0.29, 0.717) is 22.9 Å². The lowest BCUT2D eigenvalue weighted by Gasteiger charge is -2.18. The van der Waals surface area contributed by atoms with Crippen molar-refractivity contribution in [3.05, 3.63) is 96.3 Å². The van der Waals surface area contributed by atoms with Gasteiger partial charge < -0.3 is 29.2 Å². The molecule has 0 spiro atoms. The molecule has 4 aromatic carbocycles. The molecule has 1 aliphatic carbocycles. The summed E-state index contributed by atoms with van der Waals surface area (Å²) in [6, 6.07) is 25.0. The summed E-state index contributed by atoms with van der Waals surface area (Å²) in [5, 5.41) is 10.9. The minimum absolute atomic E-state index is 0.189. The first-order valence-electron chi connectivity index (χ1n) is 20.7. The number of anilines is 2. The number of ketones is 2. The van der Waals surface area contributed by atoms with Crippen LogP contribution in [0.3, 0.4) is 0 Å². The van der Waals surface area contributed by atoms with Gasteiger partial charge in [-0.3, -0.25) is 9.59 Å². The van der Waals surface area contributed by atoms with E-state index in [1.165, 1.54) is 87.4 Å². The number of unbranched alkanes of at least 4 members (excludes halogenated alkanes) is 10. The predicted octanol–water partition coefficient (Wildman–Crippen LogP) is 12.1. The van der Waals surface area contributed by atoms with Gasteiger partial charge in [0.1, 0.15) is 11.5 Å². The molecule has 8 heteroatoms. The molecule has 2 aromatic heterocycles. The van der Waals surface area contributed by atoms with E-state index in [4.69, 9.17) is 9.47 Å². The smallest absolute Gasteiger partial charge is 0.204 e. The molecule has 0 saturated heterocycles. The van der Waals surface area contributed by atoms with Crippen LogP contribution in [0.5, 0.6) is 11.5 Å². The Morgan fingerprint density at radius 3 is 1.29 bits per heavy atom. The molecule has 8 nitrogen and oxygen atoms in total. The van der Waals surface area contributed by atoms with E-state index in [0.717, 1.165) is 58.5 Å². The monoisotopic (exact) mass is 752 g/mol. The highest BCUT2D eigenvalue weighted by atomic mass is 16.5. The number of aromatic nitrogens is 2. The molecule has 7 rings (SSSR count). The number of carbonyl (C=O) groups excluding carboxylic acids is 2. The Balaban J connectivity index is 1.12. The third-order valence-corrected chi connectivity index (χ3v) is 11.3. The standard InChI is InChI=1S/C48H56N4O4/c1-5-7-9-11-13-19-25-51-41-23-17-15-21-33(41)35-27-39(47(55-3)31-43(35)51)49-37-29-46(54)38(30-45(37)53)50-40-28-36-34-22-16-18-24-42(34)52(44(36)32-48(40)56-4)26-20-14-12-10-8-6-2/h15-18,21-24,27-32,49-50H,5-14,19-20,25-26H2,1-4H3. The Morgan fingerprint density at radius 1 is 0.482 bits per heavy atom. The summed E-state index contributed by atoms with van der Waals surface area (Å²) in [6.45, 7) is 6.33. The number of carbonyl (C=O) groups is 2. The molecular weight excluding hydrogens is 697 g/mol. The third kappa shape index (κ3) is 8.06. The van der Waals surface area contributed by atoms with Gasteiger partial charge in [-0.05, 0) is 37.1 Å². The number of hydrogen-bond donors (Lipinski definition) is 2. The fourth-order valence-electron chi connectivity index (χ4n) is 8.31. The topological polar surface area (TPSA) is 86.5 Å². The van der Waals surface area contributed by atoms with E-state index < -0.39 is 0 Å². The van der Waals surface area contributed by atoms with Crippen molar-refractivity contribution in [3.8, 4) is 11.5 Å². The van der Waals surface area contributed by atoms with Crippen LogP contribution >= 0.6 is 0 Å². The van der Waals surface area contributed by atoms with Gasteiger partial charge in [0, 0.05) is 70.0 Å². The lowest BCUT2D eigenvalue weighted by atomic mass is 10.0. The molecular formula is C48H56N4O4. The first-order chi connectivity index (χ1) is 27.4. The maximum atomic E-state index is 13.7. The quantitative estimate of drug-likeness (QED) is 0.0596. The van der Waals surface area contributed by atoms with Crippen molar-refractivity contribution < 1.29 is 19.1 Å². The summed E-state index contributed by atoms with van der Waals surface area (Å²) in [5.74, 6) is 0.588. The van der Waals surface area contributed by atoms with Crippen molar-refractivity contribution in [2.24, 2.45) is 0 Å². The number of nitrogens with one attached hydrogen (secondary N) is 2. The SMILES string of the molecule is CCCCCCCCn1c2ccccc2c2cc(NC3=CC(=O)C(Nc4cc5c6ccccc6n(CCCCCCCC)c5cc4OC)=CC3=O)c(OC)cc21. The van der Waals surface area contributed by atoms with Gasteiger partial charge in [0.2, 0.25) is 11.6 Å². The second kappa shape index (κ2) is 18.0. The van der Waals surface area contributed by atoms with E-state index in [1.807, 2.05) is 24.3 Å². The summed E-state index contributed by atoms with van der Waals surface area (Å²) in [4.78, 5) is 27.4. The Bertz CT molecular complexity index is 2260. The summed E-state index contributed by atoms with van der Waals surface area (Å²) in [5.41, 5.74) is 6.16. The number of methoxy groups -OCH3 is 2. The van der Waals surface area contributed by atoms with Crippen molar-refractivity contribution >= 4 is 66.6 Å². The minimum atomic E-state index is -0.310. The third-order valence-electron chi connectivity index (χ3n) is 11.3. The molecule has 0 saturated carbocycles. The zero-order chi connectivity index (χ0) is 39.0. The molecule has 0 amide bonds. The van der Waals surface area contributed by atoms with Crippen molar-refractivity contribution in [3.63, 3.8) is 0 Å². The number of allylic oxidation sites excluding steroid dienone is 2. The highest BCUT2D eigenvalue weighted by molar-refractivity contribution is 6.22. The number of rotatable bonds is 20. The fraction of sp³-hybridized carbons (Fsp3) is 0.375. The minimum Gasteiger partial charge on any atom is -0.494 e. The van der Waals surface area contributed by atoms with E-state index >= 15 is 0 Å². The fourth-order valence-corrected chi connectivity index (χ4v) is 8.31. The second-order valence-corrected chi connectivity index (χ2v) is 15.1. The van der Waals surface area contributed by atoms with E-state index in [-0.39, 0.29) is 23.0 Å². The van der Waals surface area contributed by atoms with E-state index in [2.05, 4.69) is 82.1 Å². The average molecular weight is 753 g/mol. The highest BCUT2D eigenvalue weighted by Crippen LogP contribution is 2.40. The summed E-state index contributed by atoms with van der Waals surface area (Å²) in [6.07, 6.45) is 17.5. The van der Waals surface area contributed by atoms with E-state index in [9.17, 15) is 9.59 Å². The number of benzene rings is 4. The summed E-state index contributed by atoms with van der Waals surface area (Å²) < 4.78 is 16.5. The maximum absolute atomic E-state index is 13.7. The first kappa shape index (κ1) is 38.8. The maximum Gasteiger partial charge on any atom is 0.204 e. The Labute approximate surface area is 330 Å². The largest absolute Gasteiger partial charge is 0.494 e. The van der Waals surface area contributed by atoms with Gasteiger partial charge in [-0.2, -0.15) is 0 Å². The van der Waals surface area contributed by atoms with Crippen molar-refractivity contribution in [1.29, 1.82) is 0 Å². The number of fused-ring (bicyclic) bond motifs is 6. The van der Waals surface area contributed by atoms with Gasteiger partial charge in [0.15, 0.2) is 0 Å². The second-order valence-electron chi connectivity index (χ2n) is 15.1. The lowest BCUT2D eigenvalue weighted by Crippen LogP contribution is -2.22. The van der Waals surface area contributed by atoms with Gasteiger partial charge in [0.25, 0.3) is 0 Å². The van der Waals surface area contributed by atoms with Gasteiger partial charge in [0.05, 0.1) is 48.0 Å². The Morgan fingerprint density at radius 2 is 0.875 bits per heavy atom. The zero-order valence-electron chi connectivity index (χ0n) is 33.5. The van der Waals surface area contributed by atoms with Crippen LogP contribution in [-0.2, 0) is 22.7 Å². The molecule has 1 aliphatic rings. The molecule has 0 aliphatic heterocycles. The average Bonchev–Trinajstić information content (AvgIpc) is 3.69. The van der Waals surface area contributed by atoms with Gasteiger partial charge >= 0.3 is 0 Å². The number of para-hydroxylation sites is 2. The molecule has 0 bridgehead atoms. The highest BCUT2D eigenvalue weighted by Gasteiger charge is 2.24. The number of nitrogens with zero attached hydrogens (tertiary/aromatic N) is 2. The molecule has 56 heavy (non-hydrogen) atoms. The van der Waals surface area contributed by atoms with E-state index in [1.54, 1.807) is 14.2 Å². The van der Waals surface area contributed by atoms with Crippen LogP contribution in [0.2, 0.25) is 0 Å². The molecule has 6 aromatic rings. The van der Waals surface area contributed by atoms with Crippen LogP contribution in [0, 0.1) is 0 Å². The molecule has 292 valence electrons. The Kier molecular flexibility index (Phi) is 12.4. The van der Waals surface area contributed by atoms with Crippen LogP contribution in [0.15, 0.2) is 96.3 Å². The number of ether oxygens (including phenoxy) is 2. The first-order valence-corrected chi connectivity index (χ1v) is 20.7. The number of aryl methyl sites for hydroxylation is 2. The lowest BCUT2D eigenvalue weighted by molar-refractivity contribution is -0.115. The van der Waals surface area contributed by atoms with Gasteiger partial charge in [-0.1, -0.05) is 114 Å². The molecule has 0 radical (unpaired) electrons. The summed E-state index contributed by atoms with van der Waals surface area (Å²) in [7, 11) is 3.26. The van der Waals surface area contributed by atoms with Crippen LogP contribution in [0.1, 0.15) is 90.9 Å². The molecule has 0 unspecified atom stereocenters. The Hall–Kier alpha value is -5.50. The van der Waals surface area contributed by atoms with Crippen molar-refractivity contribution in [2.45, 2.75) is 104 Å². The number of hydrogen-bond acceptors (Lipinski definition) is 6. The molecule has 2 heterocycles. The summed E-state index contributed by atoms with van der Waals surface area (Å²) >= 11 is 0. The zero-order valence-corrected chi connectivity index (χ0v) is 33.5. The van der Waals surface area contributed by atoms with Crippen LogP contribution < -0.4 is 20.1 Å². The van der Waals surface area contributed by atoms with Crippen molar-refractivity contribution in [1.82, 2.24) is 9.13 Å². The molecule has 0 atom stereocenters. The normalized spacial score (nSPS) is 13.2.